The summed E-state index contributed by atoms with van der Waals surface area (Å²) in [5.74, 6) is 0.273. The molecule has 0 amide bonds. The molecule has 3 heteroatoms. The minimum absolute atomic E-state index is 0.0173. The summed E-state index contributed by atoms with van der Waals surface area (Å²) in [7, 11) is 0. The Morgan fingerprint density at radius 1 is 0.446 bits per heavy atom. The Morgan fingerprint density at radius 3 is 1.43 bits per heavy atom. The van der Waals surface area contributed by atoms with E-state index in [0.717, 1.165) is 6.42 Å². The molecule has 3 aliphatic carbocycles. The number of rotatable bonds is 10. The second-order valence-electron chi connectivity index (χ2n) is 27.9. The van der Waals surface area contributed by atoms with Gasteiger partial charge in [0.25, 0.3) is 6.71 Å². The van der Waals surface area contributed by atoms with E-state index in [2.05, 4.69) is 350 Å². The molecule has 5 aliphatic rings. The first-order chi connectivity index (χ1) is 44.9. The second-order valence-corrected chi connectivity index (χ2v) is 27.9. The van der Waals surface area contributed by atoms with Crippen LogP contribution in [0.5, 0.6) is 0 Å². The molecular weight excluding hydrogens is 1110 g/mol. The van der Waals surface area contributed by atoms with Crippen molar-refractivity contribution in [3.8, 4) is 33.4 Å². The van der Waals surface area contributed by atoms with Crippen molar-refractivity contribution in [1.82, 2.24) is 0 Å². The summed E-state index contributed by atoms with van der Waals surface area (Å²) in [6.07, 6.45) is 10.1. The van der Waals surface area contributed by atoms with Crippen LogP contribution in [0.4, 0.5) is 28.4 Å². The van der Waals surface area contributed by atoms with Gasteiger partial charge < -0.3 is 9.80 Å². The van der Waals surface area contributed by atoms with E-state index in [1.165, 1.54) is 156 Å². The van der Waals surface area contributed by atoms with E-state index in [-0.39, 0.29) is 35.3 Å². The summed E-state index contributed by atoms with van der Waals surface area (Å²) in [5, 5.41) is 0. The van der Waals surface area contributed by atoms with Gasteiger partial charge in [-0.1, -0.05) is 297 Å². The van der Waals surface area contributed by atoms with Gasteiger partial charge in [-0.05, 0) is 172 Å². The number of nitrogens with zero attached hydrogens (tertiary/aromatic N) is 2. The van der Waals surface area contributed by atoms with Gasteiger partial charge in [0, 0.05) is 51.3 Å². The third-order valence-electron chi connectivity index (χ3n) is 20.5. The molecule has 2 unspecified atom stereocenters. The molecule has 0 aromatic heterocycles. The predicted octanol–water partition coefficient (Wildman–Crippen LogP) is 21.5. The summed E-state index contributed by atoms with van der Waals surface area (Å²) in [6.45, 7) is 20.8. The lowest BCUT2D eigenvalue weighted by Crippen LogP contribution is -2.62. The van der Waals surface area contributed by atoms with Gasteiger partial charge in [-0.15, -0.1) is 0 Å². The van der Waals surface area contributed by atoms with Crippen molar-refractivity contribution in [3.05, 3.63) is 353 Å². The highest BCUT2D eigenvalue weighted by Gasteiger charge is 2.47. The molecule has 0 fully saturated rings. The minimum atomic E-state index is -0.154. The minimum Gasteiger partial charge on any atom is -0.311 e. The number of benzene rings is 11. The number of allylic oxidation sites excluding steroid dienone is 8. The monoisotopic (exact) mass is 1180 g/mol. The van der Waals surface area contributed by atoms with Crippen LogP contribution in [0, 0.1) is 11.3 Å². The molecule has 2 heterocycles. The van der Waals surface area contributed by atoms with Crippen LogP contribution in [-0.4, -0.2) is 6.71 Å². The van der Waals surface area contributed by atoms with Crippen LogP contribution in [0.3, 0.4) is 0 Å². The summed E-state index contributed by atoms with van der Waals surface area (Å²) < 4.78 is 0. The highest BCUT2D eigenvalue weighted by Crippen LogP contribution is 2.57. The lowest BCUT2D eigenvalue weighted by atomic mass is 9.33. The van der Waals surface area contributed by atoms with E-state index >= 15 is 0 Å². The van der Waals surface area contributed by atoms with Crippen LogP contribution in [0.15, 0.2) is 303 Å². The van der Waals surface area contributed by atoms with Crippen LogP contribution in [0.25, 0.3) is 50.1 Å². The molecule has 2 aliphatic heterocycles. The molecule has 444 valence electrons. The van der Waals surface area contributed by atoms with Crippen molar-refractivity contribution in [3.63, 3.8) is 0 Å². The summed E-state index contributed by atoms with van der Waals surface area (Å²) in [6, 6.07) is 99.6. The van der Waals surface area contributed by atoms with E-state index in [9.17, 15) is 0 Å². The van der Waals surface area contributed by atoms with E-state index in [4.69, 9.17) is 0 Å². The lowest BCUT2D eigenvalue weighted by molar-refractivity contribution is 0.297. The first kappa shape index (κ1) is 57.0. The fourth-order valence-electron chi connectivity index (χ4n) is 16.1. The number of hydrogen-bond acceptors (Lipinski definition) is 2. The van der Waals surface area contributed by atoms with Gasteiger partial charge in [0.2, 0.25) is 0 Å². The molecule has 2 nitrogen and oxygen atoms in total. The number of anilines is 5. The van der Waals surface area contributed by atoms with Gasteiger partial charge >= 0.3 is 0 Å². The van der Waals surface area contributed by atoms with Crippen LogP contribution in [0.2, 0.25) is 0 Å². The summed E-state index contributed by atoms with van der Waals surface area (Å²) in [5.41, 5.74) is 34.8. The van der Waals surface area contributed by atoms with Crippen LogP contribution in [0.1, 0.15) is 117 Å². The molecule has 0 N–H and O–H groups in total. The van der Waals surface area contributed by atoms with E-state index in [1.807, 2.05) is 0 Å². The molecule has 16 rings (SSSR count). The fraction of sp³-hybridized carbons (Fsp3) is 0.146. The third kappa shape index (κ3) is 9.22. The van der Waals surface area contributed by atoms with Gasteiger partial charge in [0.1, 0.15) is 0 Å². The quantitative estimate of drug-likeness (QED) is 0.126. The van der Waals surface area contributed by atoms with Gasteiger partial charge in [-0.2, -0.15) is 0 Å². The van der Waals surface area contributed by atoms with E-state index in [0.29, 0.717) is 0 Å². The Morgan fingerprint density at radius 2 is 0.913 bits per heavy atom. The zero-order valence-corrected chi connectivity index (χ0v) is 53.8. The van der Waals surface area contributed by atoms with Gasteiger partial charge in [0.05, 0.1) is 11.4 Å². The van der Waals surface area contributed by atoms with Crippen molar-refractivity contribution in [2.75, 3.05) is 9.80 Å². The lowest BCUT2D eigenvalue weighted by Gasteiger charge is -2.47. The maximum Gasteiger partial charge on any atom is 0.252 e. The van der Waals surface area contributed by atoms with Crippen molar-refractivity contribution in [2.24, 2.45) is 11.3 Å². The Bertz CT molecular complexity index is 4790. The average Bonchev–Trinajstić information content (AvgIpc) is 0.791. The molecule has 0 spiro atoms. The molecule has 0 radical (unpaired) electrons. The van der Waals surface area contributed by atoms with Gasteiger partial charge in [0.15, 0.2) is 0 Å². The molecule has 0 saturated heterocycles. The molecule has 11 aromatic rings. The SMILES string of the molecule is C=CC1=C(/C=C\C)C(c2ccc3c(c2)N(C2=C(c4ccccc4)CC(C(C)(C)C)C=C2c2ccccc2)c2cccc4c2B3c2ccc(C3c5ccccc5-c5ccccc53)cc2N4c2c(-c3ccccc3)cc(C(C)(C)C)cc2-c2ccccc2)c2ccccc21. The van der Waals surface area contributed by atoms with Crippen molar-refractivity contribution < 1.29 is 0 Å². The Hall–Kier alpha value is -10.2. The molecule has 92 heavy (non-hydrogen) atoms. The summed E-state index contributed by atoms with van der Waals surface area (Å²) in [4.78, 5) is 5.46. The Balaban J connectivity index is 1.05. The first-order valence-electron chi connectivity index (χ1n) is 33.0. The first-order valence-corrected chi connectivity index (χ1v) is 33.0. The molecule has 11 aromatic carbocycles. The van der Waals surface area contributed by atoms with Crippen molar-refractivity contribution >= 4 is 68.3 Å². The van der Waals surface area contributed by atoms with Gasteiger partial charge in [-0.3, -0.25) is 0 Å². The van der Waals surface area contributed by atoms with Crippen molar-refractivity contribution in [1.29, 1.82) is 0 Å². The largest absolute Gasteiger partial charge is 0.311 e. The topological polar surface area (TPSA) is 6.48 Å². The molecular formula is C89H75BN2. The number of hydrogen-bond donors (Lipinski definition) is 0. The standard InChI is InChI=1S/C89H75BN2/c1-9-30-69-65(10-2)66-39-23-26-42-70(66)83(69)61-47-49-77-81(51-61)91(86-73(57-31-15-11-16-32-57)53-63(88(3,4)5)54-74(86)58-33-17-12-18-34-58)79-45-29-46-80-85(79)90(77)78-50-48-62(84-71-43-27-24-40-67(71)68-41-25-28-44-72(68)84)52-82(78)92(80)87-75(59-35-19-13-20-36-59)55-64(89(6,7)8)56-76(87)60-37-21-14-22-38-60/h9-53,55-56,63,83-84H,2,54H2,1,3-8H3/b30-9-. The number of fused-ring (bicyclic) bond motifs is 8. The highest BCUT2D eigenvalue weighted by atomic mass is 15.2. The fourth-order valence-corrected chi connectivity index (χ4v) is 16.1. The van der Waals surface area contributed by atoms with E-state index < -0.39 is 0 Å². The molecule has 0 saturated carbocycles. The maximum absolute atomic E-state index is 4.45. The second kappa shape index (κ2) is 22.3. The Kier molecular flexibility index (Phi) is 13.8. The van der Waals surface area contributed by atoms with Crippen molar-refractivity contribution in [2.45, 2.75) is 72.1 Å². The highest BCUT2D eigenvalue weighted by molar-refractivity contribution is 7.00. The summed E-state index contributed by atoms with van der Waals surface area (Å²) >= 11 is 0. The van der Waals surface area contributed by atoms with Crippen LogP contribution >= 0.6 is 0 Å². The predicted molar refractivity (Wildman–Crippen MR) is 392 cm³/mol. The van der Waals surface area contributed by atoms with E-state index in [1.54, 1.807) is 0 Å². The molecule has 0 bridgehead atoms. The zero-order chi connectivity index (χ0) is 62.6. The average molecular weight is 1180 g/mol. The van der Waals surface area contributed by atoms with Crippen LogP contribution in [-0.2, 0) is 5.41 Å². The third-order valence-corrected chi connectivity index (χ3v) is 20.5. The molecule has 2 atom stereocenters. The smallest absolute Gasteiger partial charge is 0.252 e. The Labute approximate surface area is 544 Å². The van der Waals surface area contributed by atoms with Crippen LogP contribution < -0.4 is 26.2 Å². The zero-order valence-electron chi connectivity index (χ0n) is 53.8. The maximum atomic E-state index is 4.45. The normalized spacial score (nSPS) is 16.5. The van der Waals surface area contributed by atoms with Gasteiger partial charge in [-0.25, -0.2) is 0 Å².